The zero-order valence-corrected chi connectivity index (χ0v) is 9.77. The summed E-state index contributed by atoms with van der Waals surface area (Å²) >= 11 is 0. The Bertz CT molecular complexity index is 636. The van der Waals surface area contributed by atoms with Gasteiger partial charge in [-0.3, -0.25) is 10.7 Å². The number of aromatic nitrogens is 1. The maximum Gasteiger partial charge on any atom is 0.259 e. The zero-order valence-electron chi connectivity index (χ0n) is 9.77. The summed E-state index contributed by atoms with van der Waals surface area (Å²) in [5, 5.41) is 20.7. The van der Waals surface area contributed by atoms with E-state index in [1.165, 1.54) is 0 Å². The molecule has 94 valence electrons. The average molecular weight is 254 g/mol. The van der Waals surface area contributed by atoms with Gasteiger partial charge in [-0.15, -0.1) is 0 Å². The number of hydrogen-bond acceptors (Lipinski definition) is 4. The van der Waals surface area contributed by atoms with Gasteiger partial charge in [0.15, 0.2) is 12.4 Å². The lowest BCUT2D eigenvalue weighted by molar-refractivity contribution is -0.378. The number of carbonyl (C=O) groups excluding carboxylic acids is 1. The second-order valence-electron chi connectivity index (χ2n) is 3.79. The van der Waals surface area contributed by atoms with Crippen molar-refractivity contribution in [3.05, 3.63) is 52.5 Å². The van der Waals surface area contributed by atoms with E-state index in [0.717, 1.165) is 0 Å². The first-order chi connectivity index (χ1) is 9.22. The highest BCUT2D eigenvalue weighted by molar-refractivity contribution is 6.06. The van der Waals surface area contributed by atoms with E-state index in [2.05, 4.69) is 15.7 Å². The van der Waals surface area contributed by atoms with Gasteiger partial charge in [0.25, 0.3) is 5.91 Å². The number of nitrogens with two attached hydrogens (primary N) is 1. The summed E-state index contributed by atoms with van der Waals surface area (Å²) in [4.78, 5) is 14.7. The maximum atomic E-state index is 11.8. The molecule has 7 nitrogen and oxygen atoms in total. The summed E-state index contributed by atoms with van der Waals surface area (Å²) in [5.74, 6) is 5.97. The second-order valence-corrected chi connectivity index (χ2v) is 3.79. The lowest BCUT2D eigenvalue weighted by Crippen LogP contribution is -2.42. The Morgan fingerprint density at radius 2 is 2.16 bits per heavy atom. The summed E-state index contributed by atoms with van der Waals surface area (Å²) in [6.07, 6.45) is 3.31. The molecule has 1 aromatic heterocycles. The van der Waals surface area contributed by atoms with Gasteiger partial charge in [0, 0.05) is 17.7 Å². The van der Waals surface area contributed by atoms with Crippen molar-refractivity contribution < 1.29 is 9.78 Å². The smallest absolute Gasteiger partial charge is 0.259 e. The molecule has 0 radical (unpaired) electrons. The number of nitrogens with zero attached hydrogens (tertiary/aromatic N) is 2. The third-order valence-corrected chi connectivity index (χ3v) is 2.79. The van der Waals surface area contributed by atoms with E-state index < -0.39 is 11.8 Å². The fourth-order valence-electron chi connectivity index (χ4n) is 1.94. The molecule has 1 aliphatic heterocycles. The van der Waals surface area contributed by atoms with Crippen LogP contribution in [0.3, 0.4) is 0 Å². The van der Waals surface area contributed by atoms with E-state index in [1.54, 1.807) is 24.5 Å². The van der Waals surface area contributed by atoms with Crippen molar-refractivity contribution in [2.24, 2.45) is 5.84 Å². The molecule has 0 aromatic carbocycles. The molecule has 1 atom stereocenters. The van der Waals surface area contributed by atoms with Gasteiger partial charge in [0.1, 0.15) is 5.82 Å². The van der Waals surface area contributed by atoms with Crippen LogP contribution in [-0.4, -0.2) is 11.8 Å². The molecule has 0 saturated heterocycles. The lowest BCUT2D eigenvalue weighted by Gasteiger charge is -2.26. The van der Waals surface area contributed by atoms with Gasteiger partial charge in [-0.1, -0.05) is 0 Å². The van der Waals surface area contributed by atoms with Crippen LogP contribution in [0, 0.1) is 11.3 Å². The summed E-state index contributed by atoms with van der Waals surface area (Å²) in [6.45, 7) is 0. The van der Waals surface area contributed by atoms with Crippen molar-refractivity contribution >= 4 is 11.8 Å². The van der Waals surface area contributed by atoms with E-state index in [0.29, 0.717) is 5.56 Å². The molecule has 1 unspecified atom stereocenters. The van der Waals surface area contributed by atoms with Gasteiger partial charge in [0.05, 0.1) is 17.6 Å². The largest absolute Gasteiger partial charge is 0.763 e. The number of allylic oxidation sites excluding steroid dienone is 1. The highest BCUT2D eigenvalue weighted by Gasteiger charge is 2.33. The standard InChI is InChI=1S/C12H9N6O/c13-5-8-10(7-1-3-16-4-2-7)9(6-14)12(19)17-11(8)18-15/h1-4,10,18H,15H2,(H,17,19)/q-1/p+1. The van der Waals surface area contributed by atoms with Gasteiger partial charge in [-0.05, 0) is 5.56 Å². The van der Waals surface area contributed by atoms with Crippen LogP contribution in [0.25, 0.3) is 5.41 Å². The molecule has 1 aliphatic rings. The molecule has 0 fully saturated rings. The molecule has 0 bridgehead atoms. The van der Waals surface area contributed by atoms with Crippen molar-refractivity contribution in [1.82, 2.24) is 10.7 Å². The van der Waals surface area contributed by atoms with Crippen LogP contribution in [0.4, 0.5) is 0 Å². The van der Waals surface area contributed by atoms with E-state index >= 15 is 0 Å². The number of nitriles is 1. The minimum Gasteiger partial charge on any atom is -0.763 e. The minimum atomic E-state index is -0.718. The van der Waals surface area contributed by atoms with Crippen LogP contribution in [0.5, 0.6) is 0 Å². The Morgan fingerprint density at radius 1 is 1.47 bits per heavy atom. The van der Waals surface area contributed by atoms with Gasteiger partial charge in [-0.25, -0.2) is 10.8 Å². The summed E-state index contributed by atoms with van der Waals surface area (Å²) in [5.41, 5.74) is 3.09. The molecule has 7 heteroatoms. The zero-order chi connectivity index (χ0) is 13.8. The Morgan fingerprint density at radius 3 is 2.68 bits per heavy atom. The first kappa shape index (κ1) is 12.5. The van der Waals surface area contributed by atoms with Crippen molar-refractivity contribution in [1.29, 1.82) is 5.26 Å². The molecule has 5 N–H and O–H groups in total. The monoisotopic (exact) mass is 254 g/mol. The Labute approximate surface area is 108 Å². The predicted molar refractivity (Wildman–Crippen MR) is 65.7 cm³/mol. The fraction of sp³-hybridized carbons (Fsp3) is 0.0833. The Balaban J connectivity index is 2.67. The van der Waals surface area contributed by atoms with Crippen LogP contribution in [0.2, 0.25) is 0 Å². The van der Waals surface area contributed by atoms with Crippen LogP contribution in [0.15, 0.2) is 41.5 Å². The first-order valence-electron chi connectivity index (χ1n) is 5.38. The number of aromatic amines is 1. The number of rotatable bonds is 2. The molecule has 0 aliphatic carbocycles. The normalized spacial score (nSPS) is 18.4. The van der Waals surface area contributed by atoms with Crippen molar-refractivity contribution in [3.63, 3.8) is 0 Å². The molecule has 1 amide bonds. The van der Waals surface area contributed by atoms with Crippen LogP contribution in [-0.2, 0) is 4.79 Å². The predicted octanol–water partition coefficient (Wildman–Crippen LogP) is -0.922. The van der Waals surface area contributed by atoms with Gasteiger partial charge < -0.3 is 16.2 Å². The van der Waals surface area contributed by atoms with E-state index in [4.69, 9.17) is 11.3 Å². The summed E-state index contributed by atoms with van der Waals surface area (Å²) in [7, 11) is 0. The number of H-pyrrole nitrogens is 1. The van der Waals surface area contributed by atoms with Crippen LogP contribution in [0.1, 0.15) is 11.5 Å². The number of hydrogen-bond donors (Lipinski definition) is 3. The topological polar surface area (TPSA) is 127 Å². The number of nitrogens with one attached hydrogen (secondary N) is 3. The minimum absolute atomic E-state index is 0.0400. The summed E-state index contributed by atoms with van der Waals surface area (Å²) in [6, 6.07) is 5.38. The Hall–Kier alpha value is -2.94. The maximum absolute atomic E-state index is 11.8. The lowest BCUT2D eigenvalue weighted by atomic mass is 9.83. The quantitative estimate of drug-likeness (QED) is 0.273. The third kappa shape index (κ3) is 2.09. The van der Waals surface area contributed by atoms with Crippen molar-refractivity contribution in [2.75, 3.05) is 0 Å². The Kier molecular flexibility index (Phi) is 3.39. The number of carbonyl (C=O) groups is 1. The molecule has 2 heterocycles. The summed E-state index contributed by atoms with van der Waals surface area (Å²) < 4.78 is 0. The van der Waals surface area contributed by atoms with Gasteiger partial charge in [0.2, 0.25) is 0 Å². The molecular weight excluding hydrogens is 244 g/mol. The number of pyridine rings is 1. The molecule has 0 saturated carbocycles. The van der Waals surface area contributed by atoms with Crippen LogP contribution < -0.4 is 21.6 Å². The molecule has 2 rings (SSSR count). The van der Waals surface area contributed by atoms with E-state index in [9.17, 15) is 10.1 Å². The molecular formula is C12H10N6O. The first-order valence-corrected chi connectivity index (χ1v) is 5.38. The highest BCUT2D eigenvalue weighted by Crippen LogP contribution is 2.33. The van der Waals surface area contributed by atoms with Crippen molar-refractivity contribution in [3.8, 4) is 6.07 Å². The molecule has 0 spiro atoms. The molecule has 1 aromatic rings. The average Bonchev–Trinajstić information content (AvgIpc) is 2.46. The highest BCUT2D eigenvalue weighted by atomic mass is 16.2. The van der Waals surface area contributed by atoms with Crippen molar-refractivity contribution in [2.45, 2.75) is 5.92 Å². The van der Waals surface area contributed by atoms with Gasteiger partial charge >= 0.3 is 0 Å². The second kappa shape index (κ2) is 5.14. The third-order valence-electron chi connectivity index (χ3n) is 2.79. The number of hydrazine groups is 1. The van der Waals surface area contributed by atoms with E-state index in [1.807, 2.05) is 11.9 Å². The fourth-order valence-corrected chi connectivity index (χ4v) is 1.94. The van der Waals surface area contributed by atoms with E-state index in [-0.39, 0.29) is 17.0 Å². The van der Waals surface area contributed by atoms with Crippen LogP contribution >= 0.6 is 0 Å². The molecule has 19 heavy (non-hydrogen) atoms. The SMILES string of the molecule is N#CC1=C(NN)NC(=O)C(=C=[N-])C1c1cc[nH+]cc1. The number of amides is 1. The van der Waals surface area contributed by atoms with Gasteiger partial charge in [-0.2, -0.15) is 5.26 Å².